The van der Waals surface area contributed by atoms with Gasteiger partial charge in [0.1, 0.15) is 17.3 Å². The largest absolute Gasteiger partial charge is 0.464 e. The van der Waals surface area contributed by atoms with Crippen molar-refractivity contribution in [3.63, 3.8) is 0 Å². The Morgan fingerprint density at radius 3 is 2.57 bits per heavy atom. The zero-order valence-electron chi connectivity index (χ0n) is 17.0. The van der Waals surface area contributed by atoms with Gasteiger partial charge in [-0.3, -0.25) is 0 Å². The summed E-state index contributed by atoms with van der Waals surface area (Å²) >= 11 is 7.52. The summed E-state index contributed by atoms with van der Waals surface area (Å²) in [5.74, 6) is 6.16. The van der Waals surface area contributed by atoms with Crippen LogP contribution in [0.15, 0.2) is 56.9 Å². The van der Waals surface area contributed by atoms with Gasteiger partial charge in [0, 0.05) is 17.3 Å². The van der Waals surface area contributed by atoms with Crippen molar-refractivity contribution >= 4 is 33.2 Å². The standard InChI is InChI=1S/C21H26ClN3O3S2/c1-4-11-23-21(16-30(26,27)20-9-5-17(22)6-10-20)24-12-13-29-15-19-8-7-18(28-19)14-25(2)3/h1,5-10,16,23-24H,11-15H2,2-3H3/b21-16-. The predicted molar refractivity (Wildman–Crippen MR) is 124 cm³/mol. The van der Waals surface area contributed by atoms with Gasteiger partial charge in [-0.25, -0.2) is 8.42 Å². The Balaban J connectivity index is 1.88. The molecule has 1 aromatic carbocycles. The first-order valence-electron chi connectivity index (χ1n) is 9.24. The van der Waals surface area contributed by atoms with Gasteiger partial charge in [0.05, 0.1) is 29.1 Å². The highest BCUT2D eigenvalue weighted by atomic mass is 35.5. The number of rotatable bonds is 12. The van der Waals surface area contributed by atoms with E-state index >= 15 is 0 Å². The first-order valence-corrected chi connectivity index (χ1v) is 12.3. The molecule has 2 rings (SSSR count). The maximum absolute atomic E-state index is 12.6. The summed E-state index contributed by atoms with van der Waals surface area (Å²) in [6, 6.07) is 9.99. The van der Waals surface area contributed by atoms with Crippen molar-refractivity contribution in [2.45, 2.75) is 17.2 Å². The van der Waals surface area contributed by atoms with Gasteiger partial charge in [-0.15, -0.1) is 6.42 Å². The second-order valence-electron chi connectivity index (χ2n) is 6.67. The molecule has 9 heteroatoms. The topological polar surface area (TPSA) is 74.6 Å². The Hall–Kier alpha value is -2.05. The number of nitrogens with one attached hydrogen (secondary N) is 2. The predicted octanol–water partition coefficient (Wildman–Crippen LogP) is 3.31. The highest BCUT2D eigenvalue weighted by Gasteiger charge is 2.13. The lowest BCUT2D eigenvalue weighted by Gasteiger charge is -2.12. The van der Waals surface area contributed by atoms with Crippen molar-refractivity contribution in [1.29, 1.82) is 0 Å². The highest BCUT2D eigenvalue weighted by Crippen LogP contribution is 2.18. The molecule has 0 saturated heterocycles. The number of halogens is 1. The molecule has 162 valence electrons. The molecule has 6 nitrogen and oxygen atoms in total. The lowest BCUT2D eigenvalue weighted by atomic mass is 10.4. The third-order valence-corrected chi connectivity index (χ3v) is 6.50. The third kappa shape index (κ3) is 8.36. The summed E-state index contributed by atoms with van der Waals surface area (Å²) < 4.78 is 31.0. The van der Waals surface area contributed by atoms with Gasteiger partial charge < -0.3 is 20.0 Å². The molecule has 0 radical (unpaired) electrons. The molecule has 0 unspecified atom stereocenters. The lowest BCUT2D eigenvalue weighted by molar-refractivity contribution is 0.344. The minimum Gasteiger partial charge on any atom is -0.464 e. The number of sulfone groups is 1. The van der Waals surface area contributed by atoms with E-state index < -0.39 is 9.84 Å². The van der Waals surface area contributed by atoms with Crippen LogP contribution < -0.4 is 10.6 Å². The normalized spacial score (nSPS) is 12.0. The Kier molecular flexibility index (Phi) is 9.66. The van der Waals surface area contributed by atoms with E-state index in [1.807, 2.05) is 26.2 Å². The summed E-state index contributed by atoms with van der Waals surface area (Å²) in [4.78, 5) is 2.21. The van der Waals surface area contributed by atoms with Crippen LogP contribution in [0.3, 0.4) is 0 Å². The Bertz CT molecular complexity index is 978. The van der Waals surface area contributed by atoms with Crippen molar-refractivity contribution in [2.24, 2.45) is 0 Å². The summed E-state index contributed by atoms with van der Waals surface area (Å²) in [6.45, 7) is 1.54. The number of benzene rings is 1. The molecule has 0 bridgehead atoms. The quantitative estimate of drug-likeness (QED) is 0.366. The molecule has 0 atom stereocenters. The number of hydrogen-bond donors (Lipinski definition) is 2. The molecule has 1 aromatic heterocycles. The molecular formula is C21H26ClN3O3S2. The Morgan fingerprint density at radius 2 is 1.90 bits per heavy atom. The number of nitrogens with zero attached hydrogens (tertiary/aromatic N) is 1. The molecule has 0 spiro atoms. The molecule has 0 aliphatic rings. The van der Waals surface area contributed by atoms with E-state index in [4.69, 9.17) is 22.4 Å². The molecule has 2 aromatic rings. The first-order chi connectivity index (χ1) is 14.3. The molecule has 0 amide bonds. The Labute approximate surface area is 188 Å². The number of hydrogen-bond acceptors (Lipinski definition) is 7. The smallest absolute Gasteiger partial charge is 0.203 e. The fourth-order valence-electron chi connectivity index (χ4n) is 2.47. The first kappa shape index (κ1) is 24.2. The molecule has 0 aliphatic heterocycles. The maximum Gasteiger partial charge on any atom is 0.203 e. The van der Waals surface area contributed by atoms with E-state index in [-0.39, 0.29) is 11.4 Å². The highest BCUT2D eigenvalue weighted by molar-refractivity contribution is 7.98. The number of furan rings is 1. The summed E-state index contributed by atoms with van der Waals surface area (Å²) in [7, 11) is 0.351. The van der Waals surface area contributed by atoms with Crippen LogP contribution in [0.25, 0.3) is 0 Å². The lowest BCUT2D eigenvalue weighted by Crippen LogP contribution is -2.29. The fourth-order valence-corrected chi connectivity index (χ4v) is 4.47. The van der Waals surface area contributed by atoms with E-state index in [1.165, 1.54) is 12.1 Å². The molecule has 0 saturated carbocycles. The van der Waals surface area contributed by atoms with E-state index in [1.54, 1.807) is 23.9 Å². The average molecular weight is 468 g/mol. The molecule has 0 fully saturated rings. The number of thioether (sulfide) groups is 1. The van der Waals surface area contributed by atoms with Crippen molar-refractivity contribution in [2.75, 3.05) is 32.9 Å². The van der Waals surface area contributed by atoms with Crippen LogP contribution in [0, 0.1) is 12.3 Å². The van der Waals surface area contributed by atoms with Crippen LogP contribution in [0.4, 0.5) is 0 Å². The molecule has 30 heavy (non-hydrogen) atoms. The number of terminal acetylenes is 1. The monoisotopic (exact) mass is 467 g/mol. The van der Waals surface area contributed by atoms with Gasteiger partial charge in [-0.05, 0) is 50.5 Å². The van der Waals surface area contributed by atoms with Gasteiger partial charge in [0.15, 0.2) is 0 Å². The van der Waals surface area contributed by atoms with Crippen LogP contribution in [0.5, 0.6) is 0 Å². The SMILES string of the molecule is C#CCN/C(=C/S(=O)(=O)c1ccc(Cl)cc1)NCCSCc1ccc(CN(C)C)o1. The summed E-state index contributed by atoms with van der Waals surface area (Å²) in [5, 5.41) is 7.64. The van der Waals surface area contributed by atoms with E-state index in [0.29, 0.717) is 17.4 Å². The van der Waals surface area contributed by atoms with E-state index in [9.17, 15) is 8.42 Å². The molecule has 2 N–H and O–H groups in total. The fraction of sp³-hybridized carbons (Fsp3) is 0.333. The van der Waals surface area contributed by atoms with Crippen LogP contribution in [-0.4, -0.2) is 46.3 Å². The summed E-state index contributed by atoms with van der Waals surface area (Å²) in [6.07, 6.45) is 5.29. The minimum atomic E-state index is -3.64. The van der Waals surface area contributed by atoms with E-state index in [0.717, 1.165) is 35.0 Å². The zero-order chi connectivity index (χ0) is 22.0. The molecule has 0 aliphatic carbocycles. The maximum atomic E-state index is 12.6. The van der Waals surface area contributed by atoms with Gasteiger partial charge >= 0.3 is 0 Å². The van der Waals surface area contributed by atoms with Crippen molar-refractivity contribution < 1.29 is 12.8 Å². The van der Waals surface area contributed by atoms with Crippen molar-refractivity contribution in [3.05, 3.63) is 64.2 Å². The van der Waals surface area contributed by atoms with Crippen LogP contribution >= 0.6 is 23.4 Å². The van der Waals surface area contributed by atoms with Crippen molar-refractivity contribution in [1.82, 2.24) is 15.5 Å². The van der Waals surface area contributed by atoms with Gasteiger partial charge in [0.25, 0.3) is 0 Å². The molecular weight excluding hydrogens is 442 g/mol. The average Bonchev–Trinajstić information content (AvgIpc) is 3.12. The Morgan fingerprint density at radius 1 is 1.20 bits per heavy atom. The minimum absolute atomic E-state index is 0.162. The summed E-state index contributed by atoms with van der Waals surface area (Å²) in [5.41, 5.74) is 0. The van der Waals surface area contributed by atoms with Crippen LogP contribution in [0.2, 0.25) is 5.02 Å². The third-order valence-electron chi connectivity index (χ3n) is 3.79. The van der Waals surface area contributed by atoms with Gasteiger partial charge in [-0.2, -0.15) is 11.8 Å². The molecule has 1 heterocycles. The second-order valence-corrected chi connectivity index (χ2v) is 10.0. The van der Waals surface area contributed by atoms with Crippen LogP contribution in [0.1, 0.15) is 11.5 Å². The zero-order valence-corrected chi connectivity index (χ0v) is 19.4. The van der Waals surface area contributed by atoms with Gasteiger partial charge in [0.2, 0.25) is 9.84 Å². The second kappa shape index (κ2) is 12.0. The van der Waals surface area contributed by atoms with Crippen molar-refractivity contribution in [3.8, 4) is 12.3 Å². The van der Waals surface area contributed by atoms with Crippen LogP contribution in [-0.2, 0) is 22.1 Å². The van der Waals surface area contributed by atoms with Gasteiger partial charge in [-0.1, -0.05) is 17.5 Å². The van der Waals surface area contributed by atoms with E-state index in [2.05, 4.69) is 21.5 Å².